The predicted octanol–water partition coefficient (Wildman–Crippen LogP) is 3.80. The van der Waals surface area contributed by atoms with E-state index in [1.807, 2.05) is 35.4 Å². The van der Waals surface area contributed by atoms with Gasteiger partial charge in [0.15, 0.2) is 5.75 Å². The molecule has 5 heteroatoms. The van der Waals surface area contributed by atoms with Crippen LogP contribution in [-0.2, 0) is 0 Å². The molecule has 0 N–H and O–H groups in total. The van der Waals surface area contributed by atoms with Crippen LogP contribution in [0.2, 0.25) is 5.15 Å². The Hall–Kier alpha value is -1.78. The zero-order valence-corrected chi connectivity index (χ0v) is 12.6. The highest BCUT2D eigenvalue weighted by molar-refractivity contribution is 6.32. The first-order valence-corrected chi connectivity index (χ1v) is 7.37. The molecule has 2 aromatic rings. The molecule has 4 nitrogen and oxygen atoms in total. The Labute approximate surface area is 129 Å². The van der Waals surface area contributed by atoms with Crippen LogP contribution >= 0.6 is 11.6 Å². The van der Waals surface area contributed by atoms with Gasteiger partial charge in [0.25, 0.3) is 0 Å². The number of methoxy groups -OCH3 is 1. The summed E-state index contributed by atoms with van der Waals surface area (Å²) >= 11 is 6.22. The molecule has 1 fully saturated rings. The lowest BCUT2D eigenvalue weighted by molar-refractivity contribution is -0.0349. The molecule has 0 aliphatic carbocycles. The standard InChI is InChI=1S/C16H17ClN2O2/c1-20-13-6-4-5-12(9-13)15-10-14(11-18-16(15)17)21-19-7-2-3-8-19/h4-6,9-11H,2-3,7-8H2,1H3. The van der Waals surface area contributed by atoms with Crippen LogP contribution in [0, 0.1) is 0 Å². The van der Waals surface area contributed by atoms with Crippen molar-refractivity contribution >= 4 is 11.6 Å². The Morgan fingerprint density at radius 3 is 2.71 bits per heavy atom. The van der Waals surface area contributed by atoms with Crippen LogP contribution in [0.25, 0.3) is 11.1 Å². The molecule has 1 aliphatic heterocycles. The van der Waals surface area contributed by atoms with Crippen molar-refractivity contribution in [1.29, 1.82) is 0 Å². The summed E-state index contributed by atoms with van der Waals surface area (Å²) in [6, 6.07) is 9.66. The fourth-order valence-corrected chi connectivity index (χ4v) is 2.61. The van der Waals surface area contributed by atoms with E-state index in [2.05, 4.69) is 4.98 Å². The second-order valence-corrected chi connectivity index (χ2v) is 5.33. The van der Waals surface area contributed by atoms with E-state index in [4.69, 9.17) is 21.2 Å². The summed E-state index contributed by atoms with van der Waals surface area (Å²) in [6.45, 7) is 1.91. The van der Waals surface area contributed by atoms with E-state index in [9.17, 15) is 0 Å². The van der Waals surface area contributed by atoms with Gasteiger partial charge in [-0.2, -0.15) is 0 Å². The van der Waals surface area contributed by atoms with Crippen molar-refractivity contribution in [1.82, 2.24) is 10.0 Å². The van der Waals surface area contributed by atoms with Gasteiger partial charge in [-0.3, -0.25) is 0 Å². The van der Waals surface area contributed by atoms with E-state index in [-0.39, 0.29) is 0 Å². The molecule has 1 aromatic carbocycles. The average Bonchev–Trinajstić information content (AvgIpc) is 3.02. The number of aromatic nitrogens is 1. The number of pyridine rings is 1. The normalized spacial score (nSPS) is 15.1. The van der Waals surface area contributed by atoms with Gasteiger partial charge in [-0.1, -0.05) is 23.7 Å². The van der Waals surface area contributed by atoms with Gasteiger partial charge in [0.2, 0.25) is 0 Å². The highest BCUT2D eigenvalue weighted by atomic mass is 35.5. The second kappa shape index (κ2) is 6.33. The molecule has 0 unspecified atom stereocenters. The van der Waals surface area contributed by atoms with Gasteiger partial charge in [0, 0.05) is 18.7 Å². The van der Waals surface area contributed by atoms with Crippen molar-refractivity contribution in [2.45, 2.75) is 12.8 Å². The lowest BCUT2D eigenvalue weighted by Crippen LogP contribution is -2.23. The number of rotatable bonds is 4. The number of ether oxygens (including phenoxy) is 1. The zero-order chi connectivity index (χ0) is 14.7. The van der Waals surface area contributed by atoms with Crippen molar-refractivity contribution in [2.75, 3.05) is 20.2 Å². The molecule has 0 atom stereocenters. The van der Waals surface area contributed by atoms with E-state index in [1.165, 1.54) is 12.8 Å². The van der Waals surface area contributed by atoms with Crippen LogP contribution in [0.3, 0.4) is 0 Å². The first-order chi connectivity index (χ1) is 10.3. The van der Waals surface area contributed by atoms with Gasteiger partial charge < -0.3 is 9.57 Å². The number of hydroxylamine groups is 2. The molecule has 1 saturated heterocycles. The summed E-state index contributed by atoms with van der Waals surface area (Å²) in [5, 5.41) is 2.41. The lowest BCUT2D eigenvalue weighted by Gasteiger charge is -2.16. The maximum absolute atomic E-state index is 6.22. The van der Waals surface area contributed by atoms with Gasteiger partial charge in [-0.15, -0.1) is 5.06 Å². The van der Waals surface area contributed by atoms with Gasteiger partial charge in [0.05, 0.1) is 13.3 Å². The molecule has 1 aliphatic rings. The Kier molecular flexibility index (Phi) is 4.27. The predicted molar refractivity (Wildman–Crippen MR) is 82.7 cm³/mol. The summed E-state index contributed by atoms with van der Waals surface area (Å²) in [5.41, 5.74) is 1.80. The number of hydrogen-bond donors (Lipinski definition) is 0. The van der Waals surface area contributed by atoms with Crippen molar-refractivity contribution < 1.29 is 9.57 Å². The smallest absolute Gasteiger partial charge is 0.166 e. The summed E-state index contributed by atoms with van der Waals surface area (Å²) in [4.78, 5) is 10.1. The minimum absolute atomic E-state index is 0.456. The number of hydrogen-bond acceptors (Lipinski definition) is 4. The van der Waals surface area contributed by atoms with Crippen LogP contribution in [0.15, 0.2) is 36.5 Å². The largest absolute Gasteiger partial charge is 0.497 e. The molecule has 0 spiro atoms. The van der Waals surface area contributed by atoms with Crippen molar-refractivity contribution in [3.8, 4) is 22.6 Å². The van der Waals surface area contributed by atoms with Crippen molar-refractivity contribution in [3.05, 3.63) is 41.7 Å². The van der Waals surface area contributed by atoms with Crippen LogP contribution in [0.4, 0.5) is 0 Å². The molecule has 0 bridgehead atoms. The quantitative estimate of drug-likeness (QED) is 0.805. The first-order valence-electron chi connectivity index (χ1n) is 6.99. The maximum Gasteiger partial charge on any atom is 0.166 e. The molecule has 3 rings (SSSR count). The van der Waals surface area contributed by atoms with E-state index in [0.29, 0.717) is 10.9 Å². The van der Waals surface area contributed by atoms with Crippen LogP contribution < -0.4 is 9.57 Å². The summed E-state index contributed by atoms with van der Waals surface area (Å²) < 4.78 is 5.25. The second-order valence-electron chi connectivity index (χ2n) is 4.97. The monoisotopic (exact) mass is 304 g/mol. The number of nitrogens with zero attached hydrogens (tertiary/aromatic N) is 2. The summed E-state index contributed by atoms with van der Waals surface area (Å²) in [7, 11) is 1.64. The first kappa shape index (κ1) is 14.2. The third-order valence-corrected chi connectivity index (χ3v) is 3.80. The third-order valence-electron chi connectivity index (χ3n) is 3.49. The van der Waals surface area contributed by atoms with Crippen molar-refractivity contribution in [3.63, 3.8) is 0 Å². The molecular formula is C16H17ClN2O2. The van der Waals surface area contributed by atoms with Gasteiger partial charge in [-0.05, 0) is 36.6 Å². The SMILES string of the molecule is COc1cccc(-c2cc(ON3CCCC3)cnc2Cl)c1. The van der Waals surface area contributed by atoms with Gasteiger partial charge >= 0.3 is 0 Å². The number of halogens is 1. The zero-order valence-electron chi connectivity index (χ0n) is 11.9. The molecule has 0 amide bonds. The number of benzene rings is 1. The summed E-state index contributed by atoms with van der Waals surface area (Å²) in [5.74, 6) is 1.49. The lowest BCUT2D eigenvalue weighted by atomic mass is 10.1. The fraction of sp³-hybridized carbons (Fsp3) is 0.312. The molecule has 2 heterocycles. The molecular weight excluding hydrogens is 288 g/mol. The molecule has 110 valence electrons. The Bertz CT molecular complexity index is 627. The summed E-state index contributed by atoms with van der Waals surface area (Å²) in [6.07, 6.45) is 4.00. The Balaban J connectivity index is 1.89. The fourth-order valence-electron chi connectivity index (χ4n) is 2.40. The van der Waals surface area contributed by atoms with E-state index in [1.54, 1.807) is 13.3 Å². The highest BCUT2D eigenvalue weighted by Crippen LogP contribution is 2.32. The topological polar surface area (TPSA) is 34.6 Å². The maximum atomic E-state index is 6.22. The van der Waals surface area contributed by atoms with E-state index in [0.717, 1.165) is 30.0 Å². The highest BCUT2D eigenvalue weighted by Gasteiger charge is 2.15. The van der Waals surface area contributed by atoms with E-state index >= 15 is 0 Å². The van der Waals surface area contributed by atoms with Gasteiger partial charge in [0.1, 0.15) is 10.9 Å². The molecule has 0 radical (unpaired) electrons. The van der Waals surface area contributed by atoms with Crippen molar-refractivity contribution in [2.24, 2.45) is 0 Å². The Morgan fingerprint density at radius 1 is 1.14 bits per heavy atom. The van der Waals surface area contributed by atoms with Crippen LogP contribution in [0.5, 0.6) is 11.5 Å². The molecule has 21 heavy (non-hydrogen) atoms. The van der Waals surface area contributed by atoms with Crippen LogP contribution in [0.1, 0.15) is 12.8 Å². The van der Waals surface area contributed by atoms with E-state index < -0.39 is 0 Å². The van der Waals surface area contributed by atoms with Crippen LogP contribution in [-0.4, -0.2) is 30.2 Å². The van der Waals surface area contributed by atoms with Gasteiger partial charge in [-0.25, -0.2) is 4.98 Å². The third kappa shape index (κ3) is 3.28. The average molecular weight is 305 g/mol. The molecule has 1 aromatic heterocycles. The molecule has 0 saturated carbocycles. The minimum atomic E-state index is 0.456. The minimum Gasteiger partial charge on any atom is -0.497 e. The Morgan fingerprint density at radius 2 is 1.95 bits per heavy atom.